The van der Waals surface area contributed by atoms with Crippen LogP contribution in [0.15, 0.2) is 59.1 Å². The largest absolute Gasteiger partial charge is 0.456 e. The van der Waals surface area contributed by atoms with E-state index >= 15 is 0 Å². The Balaban J connectivity index is 1.29. The van der Waals surface area contributed by atoms with Gasteiger partial charge >= 0.3 is 6.01 Å². The predicted molar refractivity (Wildman–Crippen MR) is 192 cm³/mol. The average molecular weight is 714 g/mol. The number of pyridine rings is 1. The fourth-order valence-electron chi connectivity index (χ4n) is 5.92. The lowest BCUT2D eigenvalue weighted by Gasteiger charge is -2.19. The number of imidazole rings is 1. The van der Waals surface area contributed by atoms with E-state index in [0.717, 1.165) is 28.3 Å². The summed E-state index contributed by atoms with van der Waals surface area (Å²) in [4.78, 5) is 9.58. The summed E-state index contributed by atoms with van der Waals surface area (Å²) in [5.74, 6) is 0. The van der Waals surface area contributed by atoms with Gasteiger partial charge in [0.25, 0.3) is 0 Å². The number of nitrogens with zero attached hydrogens (tertiary/aromatic N) is 4. The number of aromatic nitrogens is 3. The second kappa shape index (κ2) is 14.2. The van der Waals surface area contributed by atoms with Gasteiger partial charge in [-0.3, -0.25) is 4.57 Å². The third kappa shape index (κ3) is 7.94. The van der Waals surface area contributed by atoms with Crippen LogP contribution >= 0.6 is 11.6 Å². The van der Waals surface area contributed by atoms with E-state index in [2.05, 4.69) is 33.7 Å². The molecule has 2 N–H and O–H groups in total. The maximum Gasteiger partial charge on any atom is 0.301 e. The third-order valence-electron chi connectivity index (χ3n) is 8.25. The fourth-order valence-corrected chi connectivity index (χ4v) is 8.38. The zero-order valence-electron chi connectivity index (χ0n) is 28.2. The van der Waals surface area contributed by atoms with Gasteiger partial charge in [0, 0.05) is 38.7 Å². The molecule has 0 aliphatic carbocycles. The van der Waals surface area contributed by atoms with Crippen LogP contribution < -0.4 is 9.46 Å². The molecule has 14 heteroatoms. The quantitative estimate of drug-likeness (QED) is 0.130. The molecule has 0 radical (unpaired) electrons. The molecule has 2 aliphatic rings. The lowest BCUT2D eigenvalue weighted by Crippen LogP contribution is -2.35. The lowest BCUT2D eigenvalue weighted by molar-refractivity contribution is 0.00336. The van der Waals surface area contributed by atoms with Gasteiger partial charge in [-0.15, -0.1) is 0 Å². The van der Waals surface area contributed by atoms with Gasteiger partial charge in [0.15, 0.2) is 11.8 Å². The molecule has 0 spiro atoms. The molecule has 1 unspecified atom stereocenters. The zero-order chi connectivity index (χ0) is 34.2. The van der Waals surface area contributed by atoms with Crippen molar-refractivity contribution in [2.75, 3.05) is 26.1 Å². The van der Waals surface area contributed by atoms with E-state index in [1.807, 2.05) is 66.9 Å². The number of benzene rings is 2. The van der Waals surface area contributed by atoms with Crippen molar-refractivity contribution >= 4 is 46.4 Å². The van der Waals surface area contributed by atoms with Crippen LogP contribution in [0, 0.1) is 0 Å². The first kappa shape index (κ1) is 35.0. The van der Waals surface area contributed by atoms with Gasteiger partial charge in [0.05, 0.1) is 23.9 Å². The lowest BCUT2D eigenvalue weighted by atomic mass is 10.00. The molecule has 4 aromatic rings. The smallest absolute Gasteiger partial charge is 0.301 e. The van der Waals surface area contributed by atoms with Crippen molar-refractivity contribution in [2.45, 2.75) is 76.7 Å². The molecular weight excluding hydrogens is 670 g/mol. The van der Waals surface area contributed by atoms with E-state index in [1.54, 1.807) is 12.5 Å². The van der Waals surface area contributed by atoms with Crippen molar-refractivity contribution < 1.29 is 28.3 Å². The van der Waals surface area contributed by atoms with Crippen molar-refractivity contribution in [3.8, 4) is 28.3 Å². The van der Waals surface area contributed by atoms with Gasteiger partial charge in [-0.05, 0) is 48.7 Å². The molecule has 4 heterocycles. The van der Waals surface area contributed by atoms with Crippen LogP contribution in [0.5, 0.6) is 6.01 Å². The van der Waals surface area contributed by atoms with Crippen LogP contribution in [0.3, 0.4) is 0 Å². The average Bonchev–Trinajstić information content (AvgIpc) is 3.69. The van der Waals surface area contributed by atoms with E-state index in [0.29, 0.717) is 34.5 Å². The van der Waals surface area contributed by atoms with Crippen molar-refractivity contribution in [3.63, 3.8) is 0 Å². The third-order valence-corrected chi connectivity index (χ3v) is 11.7. The first-order valence-electron chi connectivity index (χ1n) is 16.2. The van der Waals surface area contributed by atoms with Crippen molar-refractivity contribution in [1.82, 2.24) is 19.3 Å². The SMILES string of the molecule is CC(C)NS(C)(=O)=Nc1ccc(-c2ccc(-c3c(Cl)cnc4c3nc(O[C@@H]3CO[C@H]5[C@@H]3OC[C@H]5O)n4COCC[Si](C)(C)C)cc2)cc1. The Labute approximate surface area is 288 Å². The number of rotatable bonds is 12. The molecular formula is C34H44ClN5O6SSi. The van der Waals surface area contributed by atoms with Crippen LogP contribution in [0.1, 0.15) is 13.8 Å². The number of nitrogens with one attached hydrogen (secondary N) is 1. The van der Waals surface area contributed by atoms with E-state index in [9.17, 15) is 9.32 Å². The normalized spacial score (nSPS) is 22.3. The van der Waals surface area contributed by atoms with Gasteiger partial charge in [-0.2, -0.15) is 9.35 Å². The Hall–Kier alpha value is -2.88. The minimum atomic E-state index is -2.54. The summed E-state index contributed by atoms with van der Waals surface area (Å²) >= 11 is 6.81. The van der Waals surface area contributed by atoms with Crippen LogP contribution in [-0.2, 0) is 30.9 Å². The number of hydrogen-bond acceptors (Lipinski definition) is 9. The molecule has 5 atom stereocenters. The van der Waals surface area contributed by atoms with E-state index in [-0.39, 0.29) is 26.0 Å². The van der Waals surface area contributed by atoms with Gasteiger partial charge in [0.1, 0.15) is 40.5 Å². The topological polar surface area (TPSA) is 129 Å². The van der Waals surface area contributed by atoms with Crippen molar-refractivity contribution in [2.24, 2.45) is 4.36 Å². The summed E-state index contributed by atoms with van der Waals surface area (Å²) in [5.41, 5.74) is 5.43. The Morgan fingerprint density at radius 2 is 1.71 bits per heavy atom. The number of aliphatic hydroxyl groups is 1. The molecule has 258 valence electrons. The summed E-state index contributed by atoms with van der Waals surface area (Å²) in [5, 5.41) is 10.7. The Kier molecular flexibility index (Phi) is 10.3. The Morgan fingerprint density at radius 1 is 1.06 bits per heavy atom. The molecule has 48 heavy (non-hydrogen) atoms. The molecule has 2 fully saturated rings. The second-order valence-electron chi connectivity index (χ2n) is 13.9. The first-order valence-corrected chi connectivity index (χ1v) is 22.2. The molecule has 11 nitrogen and oxygen atoms in total. The Bertz CT molecular complexity index is 1870. The van der Waals surface area contributed by atoms with E-state index in [1.165, 1.54) is 0 Å². The van der Waals surface area contributed by atoms with Crippen molar-refractivity contribution in [1.29, 1.82) is 0 Å². The fraction of sp³-hybridized carbons (Fsp3) is 0.471. The van der Waals surface area contributed by atoms with Crippen LogP contribution in [0.2, 0.25) is 30.7 Å². The molecule has 0 bridgehead atoms. The van der Waals surface area contributed by atoms with E-state index < -0.39 is 42.4 Å². The maximum absolute atomic E-state index is 12.7. The molecule has 0 saturated carbocycles. The molecule has 2 saturated heterocycles. The standard InChI is InChI=1S/C34H44ClN5O6SSi/c1-21(2)38-47(3,42)39-25-13-11-23(12-14-25)22-7-9-24(10-8-22)29-26(35)17-36-33-30(29)37-34(40(33)20-43-15-16-48(4,5)6)46-28-19-45-31-27(41)18-44-32(28)31/h7-14,17,21,27-28,31-32,41H,15-16,18-20H2,1-6H3,(H,38,39,42)/t27-,28-,31-,32-,47?/m1/s1. The zero-order valence-corrected chi connectivity index (χ0v) is 30.8. The summed E-state index contributed by atoms with van der Waals surface area (Å²) in [6.45, 7) is 12.1. The highest BCUT2D eigenvalue weighted by molar-refractivity contribution is 7.91. The van der Waals surface area contributed by atoms with Gasteiger partial charge in [0.2, 0.25) is 0 Å². The number of halogens is 1. The van der Waals surface area contributed by atoms with Gasteiger partial charge < -0.3 is 24.1 Å². The van der Waals surface area contributed by atoms with Crippen LogP contribution in [-0.4, -0.2) is 88.5 Å². The monoisotopic (exact) mass is 713 g/mol. The minimum Gasteiger partial charge on any atom is -0.456 e. The number of fused-ring (bicyclic) bond motifs is 2. The summed E-state index contributed by atoms with van der Waals surface area (Å²) in [6.07, 6.45) is 1.28. The summed E-state index contributed by atoms with van der Waals surface area (Å²) < 4.78 is 46.1. The molecule has 6 rings (SSSR count). The molecule has 2 aromatic carbocycles. The van der Waals surface area contributed by atoms with Gasteiger partial charge in [-0.25, -0.2) is 13.9 Å². The number of ether oxygens (including phenoxy) is 4. The molecule has 0 amide bonds. The van der Waals surface area contributed by atoms with Crippen LogP contribution in [0.4, 0.5) is 5.69 Å². The highest BCUT2D eigenvalue weighted by Gasteiger charge is 2.49. The first-order chi connectivity index (χ1) is 22.8. The Morgan fingerprint density at radius 3 is 2.38 bits per heavy atom. The molecule has 2 aliphatic heterocycles. The van der Waals surface area contributed by atoms with E-state index in [4.69, 9.17) is 35.5 Å². The second-order valence-corrected chi connectivity index (χ2v) is 22.0. The van der Waals surface area contributed by atoms with Crippen LogP contribution in [0.25, 0.3) is 33.4 Å². The molecule has 2 aromatic heterocycles. The summed E-state index contributed by atoms with van der Waals surface area (Å²) in [6, 6.07) is 17.1. The highest BCUT2D eigenvalue weighted by atomic mass is 35.5. The highest BCUT2D eigenvalue weighted by Crippen LogP contribution is 2.38. The number of hydrogen-bond donors (Lipinski definition) is 2. The maximum atomic E-state index is 12.7. The number of aliphatic hydroxyl groups excluding tert-OH is 1. The summed E-state index contributed by atoms with van der Waals surface area (Å²) in [7, 11) is -3.83. The van der Waals surface area contributed by atoms with Crippen molar-refractivity contribution in [3.05, 3.63) is 59.8 Å². The minimum absolute atomic E-state index is 0.0614. The van der Waals surface area contributed by atoms with Gasteiger partial charge in [-0.1, -0.05) is 67.6 Å². The predicted octanol–water partition coefficient (Wildman–Crippen LogP) is 6.28.